The van der Waals surface area contributed by atoms with Crippen LogP contribution >= 0.6 is 0 Å². The van der Waals surface area contributed by atoms with Crippen molar-refractivity contribution in [3.05, 3.63) is 95.1 Å². The lowest BCUT2D eigenvalue weighted by Crippen LogP contribution is -2.53. The summed E-state index contributed by atoms with van der Waals surface area (Å²) in [5.74, 6) is 0.733. The van der Waals surface area contributed by atoms with Gasteiger partial charge in [0, 0.05) is 5.56 Å². The monoisotopic (exact) mass is 367 g/mol. The van der Waals surface area contributed by atoms with Crippen LogP contribution in [0.2, 0.25) is 0 Å². The van der Waals surface area contributed by atoms with E-state index in [1.54, 1.807) is 12.1 Å². The Labute approximate surface area is 165 Å². The van der Waals surface area contributed by atoms with Gasteiger partial charge in [0.05, 0.1) is 23.0 Å². The average Bonchev–Trinajstić information content (AvgIpc) is 2.74. The molecule has 5 heteroatoms. The summed E-state index contributed by atoms with van der Waals surface area (Å²) >= 11 is 0. The Balaban J connectivity index is 1.72. The number of anilines is 2. The number of amidine groups is 1. The van der Waals surface area contributed by atoms with Crippen LogP contribution in [0, 0.1) is 25.2 Å². The lowest BCUT2D eigenvalue weighted by Gasteiger charge is -2.36. The quantitative estimate of drug-likeness (QED) is 0.749. The van der Waals surface area contributed by atoms with Gasteiger partial charge in [-0.05, 0) is 62.4 Å². The Morgan fingerprint density at radius 2 is 1.39 bits per heavy atom. The Morgan fingerprint density at radius 1 is 0.821 bits per heavy atom. The van der Waals surface area contributed by atoms with Crippen molar-refractivity contribution in [2.75, 3.05) is 16.7 Å². The highest BCUT2D eigenvalue weighted by Gasteiger charge is 2.21. The largest absolute Gasteiger partial charge is 0.278 e. The minimum Gasteiger partial charge on any atom is -0.278 e. The average molecular weight is 367 g/mol. The fourth-order valence-corrected chi connectivity index (χ4v) is 3.02. The number of hydrogen-bond acceptors (Lipinski definition) is 5. The van der Waals surface area contributed by atoms with E-state index in [1.165, 1.54) is 11.1 Å². The number of rotatable bonds is 3. The number of nitrogens with one attached hydrogen (secondary N) is 1. The van der Waals surface area contributed by atoms with Gasteiger partial charge in [-0.25, -0.2) is 5.01 Å². The maximum atomic E-state index is 9.05. The highest BCUT2D eigenvalue weighted by atomic mass is 15.7. The van der Waals surface area contributed by atoms with Gasteiger partial charge in [-0.1, -0.05) is 35.4 Å². The second-order valence-electron chi connectivity index (χ2n) is 6.89. The zero-order valence-electron chi connectivity index (χ0n) is 15.9. The summed E-state index contributed by atoms with van der Waals surface area (Å²) in [6, 6.07) is 26.3. The van der Waals surface area contributed by atoms with E-state index in [9.17, 15) is 0 Å². The summed E-state index contributed by atoms with van der Waals surface area (Å²) in [5, 5.41) is 17.9. The van der Waals surface area contributed by atoms with E-state index in [0.29, 0.717) is 12.2 Å². The number of nitrogens with zero attached hydrogens (tertiary/aromatic N) is 4. The summed E-state index contributed by atoms with van der Waals surface area (Å²) in [4.78, 5) is 0. The van der Waals surface area contributed by atoms with Crippen molar-refractivity contribution in [1.82, 2.24) is 5.43 Å². The van der Waals surface area contributed by atoms with Gasteiger partial charge < -0.3 is 0 Å². The van der Waals surface area contributed by atoms with Crippen LogP contribution in [-0.2, 0) is 0 Å². The molecular weight excluding hydrogens is 346 g/mol. The number of benzene rings is 3. The third-order valence-electron chi connectivity index (χ3n) is 4.70. The van der Waals surface area contributed by atoms with Crippen molar-refractivity contribution < 1.29 is 0 Å². The molecular formula is C23H21N5. The van der Waals surface area contributed by atoms with E-state index in [1.807, 2.05) is 17.1 Å². The standard InChI is InChI=1S/C23H21N5/c1-17-3-11-21(12-4-17)27-16-28(22-13-5-18(2)6-14-22)26-23(25-27)20-9-7-19(15-24)8-10-20/h3-14H,16H2,1-2H3,(H,25,26). The van der Waals surface area contributed by atoms with Crippen LogP contribution < -0.4 is 15.4 Å². The topological polar surface area (TPSA) is 54.7 Å². The molecule has 28 heavy (non-hydrogen) atoms. The summed E-state index contributed by atoms with van der Waals surface area (Å²) in [6.45, 7) is 4.73. The Morgan fingerprint density at radius 3 is 1.96 bits per heavy atom. The van der Waals surface area contributed by atoms with Gasteiger partial charge >= 0.3 is 0 Å². The summed E-state index contributed by atoms with van der Waals surface area (Å²) in [6.07, 6.45) is 0. The fraction of sp³-hybridized carbons (Fsp3) is 0.130. The van der Waals surface area contributed by atoms with Crippen LogP contribution in [0.3, 0.4) is 0 Å². The number of aryl methyl sites for hydroxylation is 2. The predicted molar refractivity (Wildman–Crippen MR) is 113 cm³/mol. The minimum absolute atomic E-state index is 0.575. The molecule has 4 rings (SSSR count). The van der Waals surface area contributed by atoms with Crippen LogP contribution in [0.25, 0.3) is 0 Å². The Bertz CT molecular complexity index is 1030. The van der Waals surface area contributed by atoms with E-state index < -0.39 is 0 Å². The van der Waals surface area contributed by atoms with Crippen molar-refractivity contribution in [2.24, 2.45) is 5.10 Å². The van der Waals surface area contributed by atoms with Crippen LogP contribution in [-0.4, -0.2) is 12.5 Å². The van der Waals surface area contributed by atoms with Gasteiger partial charge in [-0.15, -0.1) is 0 Å². The fourth-order valence-electron chi connectivity index (χ4n) is 3.02. The molecule has 0 fully saturated rings. The molecule has 3 aromatic carbocycles. The molecule has 1 aliphatic heterocycles. The summed E-state index contributed by atoms with van der Waals surface area (Å²) < 4.78 is 0. The zero-order valence-corrected chi connectivity index (χ0v) is 15.9. The Kier molecular flexibility index (Phi) is 4.69. The van der Waals surface area contributed by atoms with E-state index in [4.69, 9.17) is 10.4 Å². The van der Waals surface area contributed by atoms with Gasteiger partial charge in [0.25, 0.3) is 0 Å². The molecule has 0 unspecified atom stereocenters. The molecule has 1 N–H and O–H groups in total. The van der Waals surface area contributed by atoms with Crippen molar-refractivity contribution in [2.45, 2.75) is 13.8 Å². The number of hydrazine groups is 1. The van der Waals surface area contributed by atoms with Gasteiger partial charge in [-0.2, -0.15) is 10.4 Å². The molecule has 0 aromatic heterocycles. The van der Waals surface area contributed by atoms with Gasteiger partial charge in [0.2, 0.25) is 0 Å². The van der Waals surface area contributed by atoms with E-state index in [-0.39, 0.29) is 0 Å². The number of nitriles is 1. The van der Waals surface area contributed by atoms with E-state index in [0.717, 1.165) is 22.8 Å². The van der Waals surface area contributed by atoms with Gasteiger partial charge in [0.1, 0.15) is 6.67 Å². The molecule has 0 aliphatic carbocycles. The first-order valence-electron chi connectivity index (χ1n) is 9.16. The predicted octanol–water partition coefficient (Wildman–Crippen LogP) is 4.33. The van der Waals surface area contributed by atoms with E-state index in [2.05, 4.69) is 78.9 Å². The lowest BCUT2D eigenvalue weighted by molar-refractivity contribution is 0.679. The van der Waals surface area contributed by atoms with Crippen molar-refractivity contribution in [3.8, 4) is 6.07 Å². The maximum Gasteiger partial charge on any atom is 0.172 e. The molecule has 5 nitrogen and oxygen atoms in total. The second kappa shape index (κ2) is 7.45. The molecule has 0 amide bonds. The molecule has 0 atom stereocenters. The van der Waals surface area contributed by atoms with Crippen LogP contribution in [0.15, 0.2) is 77.9 Å². The van der Waals surface area contributed by atoms with Gasteiger partial charge in [0.15, 0.2) is 5.84 Å². The summed E-state index contributed by atoms with van der Waals surface area (Å²) in [5.41, 5.74) is 9.48. The molecule has 1 heterocycles. The molecule has 0 bridgehead atoms. The minimum atomic E-state index is 0.575. The smallest absolute Gasteiger partial charge is 0.172 e. The molecule has 0 spiro atoms. The highest BCUT2D eigenvalue weighted by Crippen LogP contribution is 2.22. The molecule has 0 saturated carbocycles. The molecule has 1 aliphatic rings. The molecule has 138 valence electrons. The first kappa shape index (κ1) is 17.6. The first-order valence-corrected chi connectivity index (χ1v) is 9.16. The van der Waals surface area contributed by atoms with Crippen molar-refractivity contribution in [1.29, 1.82) is 5.26 Å². The second-order valence-corrected chi connectivity index (χ2v) is 6.89. The highest BCUT2D eigenvalue weighted by molar-refractivity contribution is 6.00. The normalized spacial score (nSPS) is 13.5. The molecule has 0 radical (unpaired) electrons. The number of hydrazone groups is 1. The maximum absolute atomic E-state index is 9.05. The van der Waals surface area contributed by atoms with Crippen LogP contribution in [0.4, 0.5) is 11.4 Å². The SMILES string of the molecule is Cc1ccc(N2CN(c3ccc(C)cc3)NC(c3ccc(C#N)cc3)=N2)cc1. The van der Waals surface area contributed by atoms with Crippen molar-refractivity contribution >= 4 is 17.2 Å². The van der Waals surface area contributed by atoms with Crippen LogP contribution in [0.5, 0.6) is 0 Å². The van der Waals surface area contributed by atoms with Gasteiger partial charge in [-0.3, -0.25) is 10.4 Å². The zero-order chi connectivity index (χ0) is 19.5. The lowest BCUT2D eigenvalue weighted by atomic mass is 10.1. The molecule has 0 saturated heterocycles. The Hall–Kier alpha value is -3.78. The number of hydrogen-bond donors (Lipinski definition) is 1. The van der Waals surface area contributed by atoms with Crippen LogP contribution in [0.1, 0.15) is 22.3 Å². The van der Waals surface area contributed by atoms with Crippen molar-refractivity contribution in [3.63, 3.8) is 0 Å². The summed E-state index contributed by atoms with van der Waals surface area (Å²) in [7, 11) is 0. The third-order valence-corrected chi connectivity index (χ3v) is 4.70. The first-order chi connectivity index (χ1) is 13.6. The van der Waals surface area contributed by atoms with E-state index >= 15 is 0 Å². The molecule has 3 aromatic rings. The third kappa shape index (κ3) is 3.67.